The average Bonchev–Trinajstić information content (AvgIpc) is 2.61. The largest absolute Gasteiger partial charge is 0.440 e. The maximum Gasteiger partial charge on any atom is 0.436 e. The summed E-state index contributed by atoms with van der Waals surface area (Å²) < 4.78 is 42.2. The Hall–Kier alpha value is -1.85. The Morgan fingerprint density at radius 1 is 1.25 bits per heavy atom. The van der Waals surface area contributed by atoms with Gasteiger partial charge in [0.2, 0.25) is 5.89 Å². The molecule has 2 rings (SSSR count). The zero-order chi connectivity index (χ0) is 11.8. The molecule has 16 heavy (non-hydrogen) atoms. The van der Waals surface area contributed by atoms with E-state index in [-0.39, 0.29) is 17.3 Å². The molecular formula is C10H7F3N2O. The van der Waals surface area contributed by atoms with Gasteiger partial charge in [0.15, 0.2) is 5.69 Å². The summed E-state index contributed by atoms with van der Waals surface area (Å²) in [6.45, 7) is 1.22. The molecule has 0 aromatic carbocycles. The molecule has 0 fully saturated rings. The molecule has 0 bridgehead atoms. The van der Waals surface area contributed by atoms with Gasteiger partial charge in [-0.2, -0.15) is 13.2 Å². The van der Waals surface area contributed by atoms with Crippen LogP contribution < -0.4 is 0 Å². The quantitative estimate of drug-likeness (QED) is 0.752. The third-order valence-electron chi connectivity index (χ3n) is 1.95. The van der Waals surface area contributed by atoms with E-state index in [2.05, 4.69) is 9.97 Å². The van der Waals surface area contributed by atoms with Crippen LogP contribution in [0.15, 0.2) is 28.8 Å². The summed E-state index contributed by atoms with van der Waals surface area (Å²) in [5.74, 6) is -0.376. The van der Waals surface area contributed by atoms with Crippen LogP contribution in [0.2, 0.25) is 0 Å². The summed E-state index contributed by atoms with van der Waals surface area (Å²) in [7, 11) is 0. The van der Waals surface area contributed by atoms with E-state index >= 15 is 0 Å². The molecule has 0 aliphatic rings. The predicted octanol–water partition coefficient (Wildman–Crippen LogP) is 3.06. The third kappa shape index (κ3) is 1.91. The highest BCUT2D eigenvalue weighted by atomic mass is 19.4. The average molecular weight is 228 g/mol. The maximum absolute atomic E-state index is 12.4. The highest BCUT2D eigenvalue weighted by Gasteiger charge is 2.37. The first-order chi connectivity index (χ1) is 7.48. The highest BCUT2D eigenvalue weighted by molar-refractivity contribution is 5.47. The molecule has 84 valence electrons. The van der Waals surface area contributed by atoms with Gasteiger partial charge in [-0.15, -0.1) is 0 Å². The second-order valence-corrected chi connectivity index (χ2v) is 3.14. The number of oxazole rings is 1. The van der Waals surface area contributed by atoms with Crippen molar-refractivity contribution in [2.45, 2.75) is 13.1 Å². The molecule has 3 nitrogen and oxygen atoms in total. The molecule has 0 N–H and O–H groups in total. The van der Waals surface area contributed by atoms with E-state index in [9.17, 15) is 13.2 Å². The minimum Gasteiger partial charge on any atom is -0.440 e. The molecule has 2 aromatic heterocycles. The zero-order valence-electron chi connectivity index (χ0n) is 8.25. The summed E-state index contributed by atoms with van der Waals surface area (Å²) >= 11 is 0. The third-order valence-corrected chi connectivity index (χ3v) is 1.95. The minimum absolute atomic E-state index is 0.120. The minimum atomic E-state index is -4.50. The van der Waals surface area contributed by atoms with Crippen molar-refractivity contribution in [2.75, 3.05) is 0 Å². The number of nitrogens with zero attached hydrogens (tertiary/aromatic N) is 2. The Labute approximate surface area is 88.9 Å². The van der Waals surface area contributed by atoms with E-state index in [0.717, 1.165) is 0 Å². The van der Waals surface area contributed by atoms with Crippen molar-refractivity contribution in [3.8, 4) is 11.6 Å². The van der Waals surface area contributed by atoms with Gasteiger partial charge in [0, 0.05) is 6.20 Å². The molecule has 0 saturated carbocycles. The number of aromatic nitrogens is 2. The van der Waals surface area contributed by atoms with Crippen LogP contribution in [0.1, 0.15) is 11.5 Å². The van der Waals surface area contributed by atoms with E-state index in [4.69, 9.17) is 4.42 Å². The van der Waals surface area contributed by atoms with Crippen LogP contribution in [-0.2, 0) is 6.18 Å². The number of hydrogen-bond donors (Lipinski definition) is 0. The molecule has 0 unspecified atom stereocenters. The molecule has 0 amide bonds. The fraction of sp³-hybridized carbons (Fsp3) is 0.200. The molecular weight excluding hydrogens is 221 g/mol. The van der Waals surface area contributed by atoms with Crippen LogP contribution in [0.4, 0.5) is 13.2 Å². The lowest BCUT2D eigenvalue weighted by Gasteiger charge is -2.00. The van der Waals surface area contributed by atoms with Gasteiger partial charge in [-0.1, -0.05) is 6.07 Å². The fourth-order valence-electron chi connectivity index (χ4n) is 1.26. The predicted molar refractivity (Wildman–Crippen MR) is 49.5 cm³/mol. The fourth-order valence-corrected chi connectivity index (χ4v) is 1.26. The van der Waals surface area contributed by atoms with Gasteiger partial charge in [-0.05, 0) is 19.1 Å². The molecule has 2 aromatic rings. The number of halogens is 3. The Balaban J connectivity index is 2.47. The summed E-state index contributed by atoms with van der Waals surface area (Å²) in [6, 6.07) is 4.84. The topological polar surface area (TPSA) is 38.9 Å². The number of pyridine rings is 1. The summed E-state index contributed by atoms with van der Waals surface area (Å²) in [5, 5.41) is 0. The van der Waals surface area contributed by atoms with Crippen LogP contribution in [0.25, 0.3) is 11.6 Å². The van der Waals surface area contributed by atoms with Crippen molar-refractivity contribution in [1.82, 2.24) is 9.97 Å². The Kier molecular flexibility index (Phi) is 2.41. The number of alkyl halides is 3. The molecule has 0 spiro atoms. The van der Waals surface area contributed by atoms with Crippen molar-refractivity contribution >= 4 is 0 Å². The first-order valence-electron chi connectivity index (χ1n) is 4.44. The Bertz CT molecular complexity index is 491. The van der Waals surface area contributed by atoms with Gasteiger partial charge in [0.1, 0.15) is 11.5 Å². The van der Waals surface area contributed by atoms with Crippen LogP contribution in [-0.4, -0.2) is 9.97 Å². The second kappa shape index (κ2) is 3.62. The smallest absolute Gasteiger partial charge is 0.436 e. The summed E-state index contributed by atoms with van der Waals surface area (Å²) in [6.07, 6.45) is -3.04. The SMILES string of the molecule is Cc1oc(-c2ccccn2)nc1C(F)(F)F. The van der Waals surface area contributed by atoms with Gasteiger partial charge < -0.3 is 4.42 Å². The maximum atomic E-state index is 12.4. The Morgan fingerprint density at radius 3 is 2.50 bits per heavy atom. The van der Waals surface area contributed by atoms with Crippen LogP contribution in [0.3, 0.4) is 0 Å². The monoisotopic (exact) mass is 228 g/mol. The number of rotatable bonds is 1. The first kappa shape index (κ1) is 10.7. The second-order valence-electron chi connectivity index (χ2n) is 3.14. The molecule has 0 saturated heterocycles. The lowest BCUT2D eigenvalue weighted by molar-refractivity contribution is -0.141. The van der Waals surface area contributed by atoms with E-state index < -0.39 is 11.9 Å². The van der Waals surface area contributed by atoms with E-state index in [1.807, 2.05) is 0 Å². The van der Waals surface area contributed by atoms with Crippen molar-refractivity contribution < 1.29 is 17.6 Å². The van der Waals surface area contributed by atoms with Gasteiger partial charge in [0.05, 0.1) is 0 Å². The van der Waals surface area contributed by atoms with E-state index in [1.165, 1.54) is 19.2 Å². The summed E-state index contributed by atoms with van der Waals surface area (Å²) in [5.41, 5.74) is -0.728. The molecule has 0 atom stereocenters. The zero-order valence-corrected chi connectivity index (χ0v) is 8.25. The normalized spacial score (nSPS) is 11.8. The Morgan fingerprint density at radius 2 is 2.00 bits per heavy atom. The van der Waals surface area contributed by atoms with Gasteiger partial charge in [-0.25, -0.2) is 4.98 Å². The number of hydrogen-bond acceptors (Lipinski definition) is 3. The molecule has 0 aliphatic heterocycles. The van der Waals surface area contributed by atoms with Crippen molar-refractivity contribution in [2.24, 2.45) is 0 Å². The molecule has 2 heterocycles. The van der Waals surface area contributed by atoms with Crippen molar-refractivity contribution in [3.05, 3.63) is 35.9 Å². The molecule has 6 heteroatoms. The van der Waals surface area contributed by atoms with Gasteiger partial charge in [0.25, 0.3) is 0 Å². The lowest BCUT2D eigenvalue weighted by Crippen LogP contribution is -2.07. The van der Waals surface area contributed by atoms with Gasteiger partial charge >= 0.3 is 6.18 Å². The number of aryl methyl sites for hydroxylation is 1. The van der Waals surface area contributed by atoms with E-state index in [0.29, 0.717) is 0 Å². The van der Waals surface area contributed by atoms with Crippen LogP contribution >= 0.6 is 0 Å². The molecule has 0 aliphatic carbocycles. The van der Waals surface area contributed by atoms with Crippen molar-refractivity contribution in [3.63, 3.8) is 0 Å². The lowest BCUT2D eigenvalue weighted by atomic mass is 10.3. The van der Waals surface area contributed by atoms with Crippen LogP contribution in [0.5, 0.6) is 0 Å². The standard InChI is InChI=1S/C10H7F3N2O/c1-6-8(10(11,12)13)15-9(16-6)7-4-2-3-5-14-7/h2-5H,1H3. The first-order valence-corrected chi connectivity index (χ1v) is 4.44. The highest BCUT2D eigenvalue weighted by Crippen LogP contribution is 2.33. The molecule has 0 radical (unpaired) electrons. The van der Waals surface area contributed by atoms with Crippen molar-refractivity contribution in [1.29, 1.82) is 0 Å². The van der Waals surface area contributed by atoms with Crippen LogP contribution in [0, 0.1) is 6.92 Å². The van der Waals surface area contributed by atoms with Gasteiger partial charge in [-0.3, -0.25) is 4.98 Å². The summed E-state index contributed by atoms with van der Waals surface area (Å²) in [4.78, 5) is 7.26. The van der Waals surface area contributed by atoms with E-state index in [1.54, 1.807) is 12.1 Å².